The van der Waals surface area contributed by atoms with Crippen LogP contribution in [0.25, 0.3) is 43.6 Å². The van der Waals surface area contributed by atoms with Gasteiger partial charge >= 0.3 is 0 Å². The average Bonchev–Trinajstić information content (AvgIpc) is 4.11. The summed E-state index contributed by atoms with van der Waals surface area (Å²) in [6.45, 7) is 0. The Hall–Kier alpha value is -6.04. The van der Waals surface area contributed by atoms with Gasteiger partial charge in [-0.3, -0.25) is 0 Å². The van der Waals surface area contributed by atoms with E-state index in [4.69, 9.17) is 0 Å². The van der Waals surface area contributed by atoms with Crippen LogP contribution in [0.5, 0.6) is 0 Å². The molecule has 4 aromatic heterocycles. The number of rotatable bonds is 4. The second-order valence-corrected chi connectivity index (χ2v) is 18.5. The average molecular weight is 865 g/mol. The fraction of sp³-hybridized carbons (Fsp3) is 0.462. The van der Waals surface area contributed by atoms with Gasteiger partial charge in [0, 0.05) is 24.3 Å². The first-order valence-corrected chi connectivity index (χ1v) is 24.2. The molecule has 336 valence electrons. The SMILES string of the molecule is [O-][n+]1c2ccccc2cn1C1CCCCC1.[O-][n+]1c2ccccc2cn1C1CCCCC1.[O-][n+]1c2ccccc2cn1C1CCCCC1.[O-][n+]1c2ccccc2cn1C1CCCCC1. The van der Waals surface area contributed by atoms with Crippen LogP contribution >= 0.6 is 0 Å². The number of nitrogens with zero attached hydrogens (tertiary/aromatic N) is 8. The lowest BCUT2D eigenvalue weighted by Gasteiger charge is -2.20. The summed E-state index contributed by atoms with van der Waals surface area (Å²) in [4.78, 5) is 4.24. The third-order valence-electron chi connectivity index (χ3n) is 14.3. The summed E-state index contributed by atoms with van der Waals surface area (Å²) in [5.74, 6) is 0. The monoisotopic (exact) mass is 865 g/mol. The molecule has 0 spiro atoms. The molecule has 12 rings (SSSR count). The van der Waals surface area contributed by atoms with Crippen molar-refractivity contribution in [2.75, 3.05) is 0 Å². The molecule has 4 aliphatic carbocycles. The van der Waals surface area contributed by atoms with E-state index in [1.165, 1.54) is 77.0 Å². The van der Waals surface area contributed by atoms with E-state index < -0.39 is 0 Å². The predicted molar refractivity (Wildman–Crippen MR) is 252 cm³/mol. The zero-order valence-electron chi connectivity index (χ0n) is 37.2. The van der Waals surface area contributed by atoms with Crippen molar-refractivity contribution in [1.29, 1.82) is 0 Å². The van der Waals surface area contributed by atoms with Crippen molar-refractivity contribution in [3.05, 3.63) is 143 Å². The van der Waals surface area contributed by atoms with Gasteiger partial charge in [0.2, 0.25) is 0 Å². The first kappa shape index (κ1) is 43.2. The highest BCUT2D eigenvalue weighted by atomic mass is 16.5. The van der Waals surface area contributed by atoms with Gasteiger partial charge in [0.05, 0.1) is 70.5 Å². The minimum absolute atomic E-state index is 0.402. The predicted octanol–water partition coefficient (Wildman–Crippen LogP) is 11.1. The third-order valence-corrected chi connectivity index (χ3v) is 14.3. The van der Waals surface area contributed by atoms with Crippen molar-refractivity contribution >= 4 is 43.6 Å². The quantitative estimate of drug-likeness (QED) is 0.129. The van der Waals surface area contributed by atoms with E-state index in [2.05, 4.69) is 0 Å². The van der Waals surface area contributed by atoms with Crippen molar-refractivity contribution < 1.29 is 19.4 Å². The van der Waals surface area contributed by atoms with Crippen molar-refractivity contribution in [1.82, 2.24) is 18.7 Å². The van der Waals surface area contributed by atoms with Crippen molar-refractivity contribution in [3.63, 3.8) is 0 Å². The van der Waals surface area contributed by atoms with Crippen LogP contribution in [-0.2, 0) is 0 Å². The molecule has 4 saturated carbocycles. The van der Waals surface area contributed by atoms with E-state index >= 15 is 0 Å². The normalized spacial score (nSPS) is 18.0. The van der Waals surface area contributed by atoms with Crippen molar-refractivity contribution in [2.45, 2.75) is 153 Å². The molecule has 4 aliphatic rings. The molecule has 0 atom stereocenters. The molecule has 4 aromatic carbocycles. The summed E-state index contributed by atoms with van der Waals surface area (Å²) in [5.41, 5.74) is 3.14. The van der Waals surface area contributed by atoms with E-state index in [9.17, 15) is 20.8 Å². The molecular formula is C52H64N8O4. The second-order valence-electron chi connectivity index (χ2n) is 18.5. The maximum atomic E-state index is 12.1. The standard InChI is InChI=1S/4C13H16N2O/c4*16-15-13-9-5-4-6-11(13)10-14(15)12-7-2-1-3-8-12/h4*4-6,9-10,12H,1-3,7-8H2. The number of hydrogen-bond acceptors (Lipinski definition) is 4. The lowest BCUT2D eigenvalue weighted by atomic mass is 9.96. The second kappa shape index (κ2) is 20.2. The van der Waals surface area contributed by atoms with Gasteiger partial charge in [0.15, 0.2) is 0 Å². The van der Waals surface area contributed by atoms with E-state index in [1.807, 2.05) is 141 Å². The van der Waals surface area contributed by atoms with Crippen molar-refractivity contribution in [3.8, 4) is 0 Å². The van der Waals surface area contributed by atoms with E-state index in [1.54, 1.807) is 0 Å². The van der Waals surface area contributed by atoms with Crippen LogP contribution in [0.3, 0.4) is 0 Å². The number of benzene rings is 4. The molecule has 0 aliphatic heterocycles. The Balaban J connectivity index is 0.000000108. The lowest BCUT2D eigenvalue weighted by molar-refractivity contribution is -0.674. The Kier molecular flexibility index (Phi) is 13.6. The smallest absolute Gasteiger partial charge is 0.251 e. The minimum atomic E-state index is 0.402. The molecule has 64 heavy (non-hydrogen) atoms. The lowest BCUT2D eigenvalue weighted by Crippen LogP contribution is -2.40. The maximum absolute atomic E-state index is 12.1. The number of para-hydroxylation sites is 4. The van der Waals surface area contributed by atoms with Crippen LogP contribution < -0.4 is 19.4 Å². The third kappa shape index (κ3) is 9.42. The molecule has 12 heteroatoms. The molecule has 0 saturated heterocycles. The summed E-state index contributed by atoms with van der Waals surface area (Å²) in [7, 11) is 0. The highest BCUT2D eigenvalue weighted by Crippen LogP contribution is 2.31. The number of fused-ring (bicyclic) bond motifs is 4. The molecule has 0 amide bonds. The summed E-state index contributed by atoms with van der Waals surface area (Å²) < 4.78 is 7.52. The Morgan fingerprint density at radius 3 is 0.656 bits per heavy atom. The van der Waals surface area contributed by atoms with Crippen LogP contribution in [0.15, 0.2) is 122 Å². The minimum Gasteiger partial charge on any atom is -0.595 e. The Morgan fingerprint density at radius 1 is 0.281 bits per heavy atom. The van der Waals surface area contributed by atoms with Gasteiger partial charge in [-0.05, 0) is 75.6 Å². The van der Waals surface area contributed by atoms with Gasteiger partial charge < -0.3 is 20.8 Å². The van der Waals surface area contributed by atoms with Crippen LogP contribution in [0.1, 0.15) is 153 Å². The molecule has 0 unspecified atom stereocenters. The fourth-order valence-electron chi connectivity index (χ4n) is 10.8. The highest BCUT2D eigenvalue weighted by molar-refractivity contribution is 5.76. The van der Waals surface area contributed by atoms with Crippen LogP contribution in [0, 0.1) is 20.8 Å². The van der Waals surface area contributed by atoms with Gasteiger partial charge in [-0.25, -0.2) is 0 Å². The summed E-state index contributed by atoms with van der Waals surface area (Å²) in [5, 5.41) is 52.6. The van der Waals surface area contributed by atoms with Gasteiger partial charge in [-0.15, -0.1) is 18.7 Å². The molecular weight excluding hydrogens is 801 g/mol. The molecule has 0 radical (unpaired) electrons. The molecule has 12 nitrogen and oxygen atoms in total. The largest absolute Gasteiger partial charge is 0.595 e. The van der Waals surface area contributed by atoms with Crippen LogP contribution in [0.2, 0.25) is 0 Å². The number of hydrogen-bond donors (Lipinski definition) is 0. The molecule has 0 N–H and O–H groups in total. The van der Waals surface area contributed by atoms with Gasteiger partial charge in [-0.2, -0.15) is 0 Å². The first-order chi connectivity index (χ1) is 31.4. The Labute approximate surface area is 375 Å². The van der Waals surface area contributed by atoms with Crippen LogP contribution in [0.4, 0.5) is 0 Å². The first-order valence-electron chi connectivity index (χ1n) is 24.2. The Morgan fingerprint density at radius 2 is 0.469 bits per heavy atom. The maximum Gasteiger partial charge on any atom is 0.251 e. The molecule has 0 bridgehead atoms. The van der Waals surface area contributed by atoms with Crippen LogP contribution in [-0.4, -0.2) is 18.7 Å². The molecule has 8 aromatic rings. The summed E-state index contributed by atoms with van der Waals surface area (Å²) >= 11 is 0. The zero-order chi connectivity index (χ0) is 43.8. The van der Waals surface area contributed by atoms with Gasteiger partial charge in [-0.1, -0.05) is 145 Å². The van der Waals surface area contributed by atoms with E-state index in [0.717, 1.165) is 114 Å². The highest BCUT2D eigenvalue weighted by Gasteiger charge is 2.26. The Bertz CT molecular complexity index is 2370. The van der Waals surface area contributed by atoms with E-state index in [-0.39, 0.29) is 0 Å². The molecule has 4 fully saturated rings. The molecule has 4 heterocycles. The van der Waals surface area contributed by atoms with Crippen molar-refractivity contribution in [2.24, 2.45) is 0 Å². The topological polar surface area (TPSA) is 127 Å². The number of aromatic nitrogens is 8. The summed E-state index contributed by atoms with van der Waals surface area (Å²) in [6.07, 6.45) is 32.4. The van der Waals surface area contributed by atoms with Gasteiger partial charge in [0.1, 0.15) is 0 Å². The summed E-state index contributed by atoms with van der Waals surface area (Å²) in [6, 6.07) is 32.8. The fourth-order valence-corrected chi connectivity index (χ4v) is 10.8. The van der Waals surface area contributed by atoms with E-state index in [0.29, 0.717) is 24.2 Å². The zero-order valence-corrected chi connectivity index (χ0v) is 37.2. The van der Waals surface area contributed by atoms with Gasteiger partial charge in [0.25, 0.3) is 22.1 Å².